The highest BCUT2D eigenvalue weighted by Gasteiger charge is 2.17. The van der Waals surface area contributed by atoms with Crippen molar-refractivity contribution in [1.29, 1.82) is 0 Å². The summed E-state index contributed by atoms with van der Waals surface area (Å²) in [6, 6.07) is 6.11. The van der Waals surface area contributed by atoms with Gasteiger partial charge in [-0.25, -0.2) is 9.97 Å². The van der Waals surface area contributed by atoms with E-state index in [2.05, 4.69) is 25.6 Å². The molecule has 0 aliphatic heterocycles. The number of carbonyl (C=O) groups excluding carboxylic acids is 1. The van der Waals surface area contributed by atoms with Crippen LogP contribution in [0.25, 0.3) is 10.9 Å². The van der Waals surface area contributed by atoms with E-state index in [-0.39, 0.29) is 35.6 Å². The summed E-state index contributed by atoms with van der Waals surface area (Å²) >= 11 is 0. The molecule has 3 aromatic rings. The van der Waals surface area contributed by atoms with Crippen molar-refractivity contribution in [3.05, 3.63) is 62.8 Å². The van der Waals surface area contributed by atoms with Crippen LogP contribution in [-0.4, -0.2) is 32.3 Å². The quantitative estimate of drug-likeness (QED) is 0.446. The van der Waals surface area contributed by atoms with Crippen molar-refractivity contribution in [3.8, 4) is 0 Å². The molecule has 0 atom stereocenters. The molecule has 2 heterocycles. The van der Waals surface area contributed by atoms with Crippen LogP contribution in [0, 0.1) is 17.0 Å². The monoisotopic (exact) mass is 368 g/mol. The van der Waals surface area contributed by atoms with Crippen LogP contribution in [-0.2, 0) is 4.79 Å². The lowest BCUT2D eigenvalue weighted by atomic mass is 10.2. The van der Waals surface area contributed by atoms with E-state index in [1.54, 1.807) is 12.3 Å². The van der Waals surface area contributed by atoms with E-state index in [4.69, 9.17) is 0 Å². The fourth-order valence-electron chi connectivity index (χ4n) is 2.45. The van der Waals surface area contributed by atoms with Crippen LogP contribution in [0.5, 0.6) is 0 Å². The summed E-state index contributed by atoms with van der Waals surface area (Å²) < 4.78 is 0. The van der Waals surface area contributed by atoms with Crippen molar-refractivity contribution in [1.82, 2.24) is 15.0 Å². The molecule has 3 rings (SSSR count). The molecule has 138 valence electrons. The number of H-pyrrole nitrogens is 1. The van der Waals surface area contributed by atoms with Gasteiger partial charge in [-0.3, -0.25) is 19.7 Å². The molecule has 1 aromatic carbocycles. The third kappa shape index (κ3) is 4.24. The predicted molar refractivity (Wildman–Crippen MR) is 99.7 cm³/mol. The first-order valence-electron chi connectivity index (χ1n) is 8.06. The number of nitrogens with zero attached hydrogens (tertiary/aromatic N) is 3. The fourth-order valence-corrected chi connectivity index (χ4v) is 2.45. The Morgan fingerprint density at radius 1 is 1.30 bits per heavy atom. The molecule has 0 aliphatic rings. The van der Waals surface area contributed by atoms with Crippen LogP contribution < -0.4 is 16.2 Å². The Bertz CT molecular complexity index is 1060. The van der Waals surface area contributed by atoms with E-state index in [9.17, 15) is 19.7 Å². The van der Waals surface area contributed by atoms with Gasteiger partial charge in [0.15, 0.2) is 0 Å². The van der Waals surface area contributed by atoms with Gasteiger partial charge in [0.05, 0.1) is 22.2 Å². The van der Waals surface area contributed by atoms with Crippen LogP contribution in [0.3, 0.4) is 0 Å². The summed E-state index contributed by atoms with van der Waals surface area (Å²) in [6.45, 7) is 2.05. The van der Waals surface area contributed by atoms with Gasteiger partial charge in [-0.15, -0.1) is 0 Å². The predicted octanol–water partition coefficient (Wildman–Crippen LogP) is 1.98. The van der Waals surface area contributed by atoms with Crippen molar-refractivity contribution >= 4 is 34.0 Å². The number of rotatable bonds is 6. The summed E-state index contributed by atoms with van der Waals surface area (Å²) in [5.74, 6) is 0.155. The van der Waals surface area contributed by atoms with Gasteiger partial charge in [0, 0.05) is 25.2 Å². The first kappa shape index (κ1) is 18.0. The summed E-state index contributed by atoms with van der Waals surface area (Å²) in [4.78, 5) is 44.9. The molecular formula is C17H16N6O4. The van der Waals surface area contributed by atoms with E-state index in [1.807, 2.05) is 13.0 Å². The largest absolute Gasteiger partial charge is 0.379 e. The van der Waals surface area contributed by atoms with Gasteiger partial charge in [-0.2, -0.15) is 0 Å². The number of nitro groups is 1. The molecule has 0 unspecified atom stereocenters. The Morgan fingerprint density at radius 2 is 2.11 bits per heavy atom. The number of nitrogens with one attached hydrogen (secondary N) is 3. The minimum atomic E-state index is -0.593. The number of anilines is 2. The van der Waals surface area contributed by atoms with Gasteiger partial charge >= 0.3 is 0 Å². The highest BCUT2D eigenvalue weighted by molar-refractivity contribution is 5.90. The molecule has 0 bridgehead atoms. The lowest BCUT2D eigenvalue weighted by Crippen LogP contribution is -2.17. The van der Waals surface area contributed by atoms with Gasteiger partial charge in [0.1, 0.15) is 11.5 Å². The third-order valence-electron chi connectivity index (χ3n) is 3.80. The van der Waals surface area contributed by atoms with Gasteiger partial charge in [0.2, 0.25) is 5.91 Å². The van der Waals surface area contributed by atoms with Crippen molar-refractivity contribution in [3.63, 3.8) is 0 Å². The minimum Gasteiger partial charge on any atom is -0.379 e. The molecule has 10 heteroatoms. The lowest BCUT2D eigenvalue weighted by Gasteiger charge is -2.08. The van der Waals surface area contributed by atoms with Crippen LogP contribution in [0.15, 0.2) is 41.6 Å². The molecule has 0 aliphatic carbocycles. The van der Waals surface area contributed by atoms with E-state index >= 15 is 0 Å². The molecule has 0 spiro atoms. The number of aromatic amines is 1. The molecular weight excluding hydrogens is 352 g/mol. The number of aromatic nitrogens is 3. The second-order valence-corrected chi connectivity index (χ2v) is 5.82. The third-order valence-corrected chi connectivity index (χ3v) is 3.80. The number of carbonyl (C=O) groups is 1. The number of aryl methyl sites for hydroxylation is 1. The topological polar surface area (TPSA) is 143 Å². The number of benzene rings is 1. The molecule has 0 saturated heterocycles. The second-order valence-electron chi connectivity index (χ2n) is 5.82. The molecule has 0 fully saturated rings. The molecule has 0 saturated carbocycles. The molecule has 27 heavy (non-hydrogen) atoms. The van der Waals surface area contributed by atoms with Crippen LogP contribution in [0.2, 0.25) is 0 Å². The minimum absolute atomic E-state index is 0.0769. The zero-order chi connectivity index (χ0) is 19.4. The zero-order valence-electron chi connectivity index (χ0n) is 14.4. The van der Waals surface area contributed by atoms with Gasteiger partial charge in [-0.05, 0) is 24.6 Å². The Labute approximate surface area is 152 Å². The van der Waals surface area contributed by atoms with Gasteiger partial charge < -0.3 is 15.6 Å². The average Bonchev–Trinajstić information content (AvgIpc) is 2.63. The maximum absolute atomic E-state index is 12.0. The zero-order valence-corrected chi connectivity index (χ0v) is 14.4. The molecule has 0 radical (unpaired) electrons. The fraction of sp³-hybridized carbons (Fsp3) is 0.176. The lowest BCUT2D eigenvalue weighted by molar-refractivity contribution is -0.383. The van der Waals surface area contributed by atoms with Crippen molar-refractivity contribution in [2.24, 2.45) is 0 Å². The normalized spacial score (nSPS) is 10.6. The Morgan fingerprint density at radius 3 is 2.81 bits per heavy atom. The van der Waals surface area contributed by atoms with Gasteiger partial charge in [0.25, 0.3) is 11.2 Å². The molecule has 2 aromatic heterocycles. The number of fused-ring (bicyclic) bond motifs is 1. The van der Waals surface area contributed by atoms with Gasteiger partial charge in [-0.1, -0.05) is 6.07 Å². The first-order chi connectivity index (χ1) is 12.9. The highest BCUT2D eigenvalue weighted by atomic mass is 16.6. The van der Waals surface area contributed by atoms with Crippen LogP contribution in [0.1, 0.15) is 12.0 Å². The Hall–Kier alpha value is -3.82. The summed E-state index contributed by atoms with van der Waals surface area (Å²) in [6.07, 6.45) is 2.94. The summed E-state index contributed by atoms with van der Waals surface area (Å²) in [7, 11) is 0. The first-order valence-corrected chi connectivity index (χ1v) is 8.06. The van der Waals surface area contributed by atoms with Crippen molar-refractivity contribution in [2.45, 2.75) is 13.3 Å². The van der Waals surface area contributed by atoms with Crippen molar-refractivity contribution in [2.75, 3.05) is 17.2 Å². The SMILES string of the molecule is Cc1ccc(NC(=O)CCNc2cc3nc[nH]c(=O)c3cc2[N+](=O)[O-])nc1. The maximum Gasteiger partial charge on any atom is 0.293 e. The summed E-state index contributed by atoms with van der Waals surface area (Å²) in [5, 5.41) is 16.9. The second kappa shape index (κ2) is 7.60. The standard InChI is InChI=1S/C17H16N6O4/c1-10-2-3-15(19-8-10)22-16(24)4-5-18-13-7-12-11(6-14(13)23(26)27)17(25)21-9-20-12/h2-3,6-9,18H,4-5H2,1H3,(H,19,22,24)(H,20,21,25). The number of amides is 1. The van der Waals surface area contributed by atoms with Crippen molar-refractivity contribution < 1.29 is 9.72 Å². The molecule has 1 amide bonds. The number of hydrogen-bond acceptors (Lipinski definition) is 7. The van der Waals surface area contributed by atoms with E-state index in [0.717, 1.165) is 5.56 Å². The average molecular weight is 368 g/mol. The van der Waals surface area contributed by atoms with Crippen LogP contribution in [0.4, 0.5) is 17.2 Å². The van der Waals surface area contributed by atoms with Crippen LogP contribution >= 0.6 is 0 Å². The number of nitro benzene ring substituents is 1. The highest BCUT2D eigenvalue weighted by Crippen LogP contribution is 2.27. The Kier molecular flexibility index (Phi) is 5.06. The number of pyridine rings is 1. The summed E-state index contributed by atoms with van der Waals surface area (Å²) in [5.41, 5.74) is 0.763. The van der Waals surface area contributed by atoms with E-state index in [1.165, 1.54) is 18.5 Å². The molecule has 10 nitrogen and oxygen atoms in total. The Balaban J connectivity index is 1.69. The van der Waals surface area contributed by atoms with E-state index in [0.29, 0.717) is 11.3 Å². The maximum atomic E-state index is 12.0. The van der Waals surface area contributed by atoms with E-state index < -0.39 is 10.5 Å². The number of hydrogen-bond donors (Lipinski definition) is 3. The smallest absolute Gasteiger partial charge is 0.293 e. The molecule has 3 N–H and O–H groups in total.